The van der Waals surface area contributed by atoms with Crippen LogP contribution in [-0.4, -0.2) is 30.0 Å². The highest BCUT2D eigenvalue weighted by molar-refractivity contribution is 5.31. The number of likely N-dealkylation sites (tertiary alicyclic amines) is 1. The summed E-state index contributed by atoms with van der Waals surface area (Å²) in [6, 6.07) is 4.08. The third-order valence-corrected chi connectivity index (χ3v) is 3.21. The zero-order chi connectivity index (χ0) is 10.7. The molecule has 3 nitrogen and oxygen atoms in total. The molecule has 15 heavy (non-hydrogen) atoms. The molecule has 0 aliphatic carbocycles. The summed E-state index contributed by atoms with van der Waals surface area (Å²) < 4.78 is 0. The van der Waals surface area contributed by atoms with E-state index in [-0.39, 0.29) is 0 Å². The molecule has 0 radical (unpaired) electrons. The fraction of sp³-hybridized carbons (Fsp3) is 0.583. The zero-order valence-corrected chi connectivity index (χ0v) is 9.32. The maximum absolute atomic E-state index is 5.67. The van der Waals surface area contributed by atoms with Crippen LogP contribution < -0.4 is 5.73 Å². The molecule has 0 unspecified atom stereocenters. The Bertz CT molecular complexity index is 316. The van der Waals surface area contributed by atoms with Crippen LogP contribution in [0.5, 0.6) is 0 Å². The smallest absolute Gasteiger partial charge is 0.123 e. The van der Waals surface area contributed by atoms with Gasteiger partial charge in [-0.1, -0.05) is 0 Å². The minimum Gasteiger partial charge on any atom is -0.384 e. The van der Waals surface area contributed by atoms with Gasteiger partial charge in [0.05, 0.1) is 0 Å². The molecular formula is C12H19N3. The van der Waals surface area contributed by atoms with E-state index >= 15 is 0 Å². The number of nitrogens with two attached hydrogens (primary N) is 1. The summed E-state index contributed by atoms with van der Waals surface area (Å²) in [6.07, 6.45) is 5.57. The molecule has 2 N–H and O–H groups in total. The van der Waals surface area contributed by atoms with Crippen LogP contribution in [-0.2, 0) is 6.42 Å². The molecule has 0 saturated carbocycles. The molecule has 1 aromatic heterocycles. The highest BCUT2D eigenvalue weighted by atomic mass is 15.1. The first-order chi connectivity index (χ1) is 7.24. The maximum atomic E-state index is 5.67. The van der Waals surface area contributed by atoms with Crippen molar-refractivity contribution >= 4 is 5.82 Å². The van der Waals surface area contributed by atoms with E-state index in [1.807, 2.05) is 6.07 Å². The van der Waals surface area contributed by atoms with Gasteiger partial charge in [0.1, 0.15) is 5.82 Å². The van der Waals surface area contributed by atoms with Crippen molar-refractivity contribution in [2.45, 2.75) is 19.3 Å². The van der Waals surface area contributed by atoms with Crippen LogP contribution in [0.3, 0.4) is 0 Å². The van der Waals surface area contributed by atoms with E-state index in [1.54, 1.807) is 6.20 Å². The standard InChI is InChI=1S/C12H19N3/c1-15-6-3-10(4-7-15)8-11-2-5-14-12(13)9-11/h2,5,9-10H,3-4,6-8H2,1H3,(H2,13,14). The Morgan fingerprint density at radius 2 is 2.20 bits per heavy atom. The average molecular weight is 205 g/mol. The number of nitrogen functional groups attached to an aromatic ring is 1. The lowest BCUT2D eigenvalue weighted by atomic mass is 9.91. The lowest BCUT2D eigenvalue weighted by Crippen LogP contribution is -2.30. The highest BCUT2D eigenvalue weighted by Crippen LogP contribution is 2.21. The monoisotopic (exact) mass is 205 g/mol. The van der Waals surface area contributed by atoms with Crippen LogP contribution in [0, 0.1) is 5.92 Å². The van der Waals surface area contributed by atoms with E-state index in [9.17, 15) is 0 Å². The molecule has 1 aliphatic heterocycles. The van der Waals surface area contributed by atoms with Gasteiger partial charge < -0.3 is 10.6 Å². The number of aromatic nitrogens is 1. The predicted molar refractivity (Wildman–Crippen MR) is 62.6 cm³/mol. The summed E-state index contributed by atoms with van der Waals surface area (Å²) in [7, 11) is 2.20. The topological polar surface area (TPSA) is 42.2 Å². The number of nitrogens with zero attached hydrogens (tertiary/aromatic N) is 2. The predicted octanol–water partition coefficient (Wildman–Crippen LogP) is 1.55. The van der Waals surface area contributed by atoms with E-state index in [2.05, 4.69) is 23.0 Å². The average Bonchev–Trinajstić information content (AvgIpc) is 2.22. The second-order valence-electron chi connectivity index (χ2n) is 4.54. The second-order valence-corrected chi connectivity index (χ2v) is 4.54. The maximum Gasteiger partial charge on any atom is 0.123 e. The van der Waals surface area contributed by atoms with E-state index in [0.29, 0.717) is 5.82 Å². The van der Waals surface area contributed by atoms with Crippen molar-refractivity contribution in [3.8, 4) is 0 Å². The Balaban J connectivity index is 1.92. The Morgan fingerprint density at radius 3 is 2.87 bits per heavy atom. The summed E-state index contributed by atoms with van der Waals surface area (Å²) in [6.45, 7) is 2.45. The lowest BCUT2D eigenvalue weighted by molar-refractivity contribution is 0.219. The third-order valence-electron chi connectivity index (χ3n) is 3.21. The van der Waals surface area contributed by atoms with E-state index in [0.717, 1.165) is 12.3 Å². The minimum absolute atomic E-state index is 0.639. The Labute approximate surface area is 91.3 Å². The van der Waals surface area contributed by atoms with E-state index in [1.165, 1.54) is 31.5 Å². The molecule has 1 aliphatic rings. The van der Waals surface area contributed by atoms with E-state index in [4.69, 9.17) is 5.73 Å². The number of hydrogen-bond acceptors (Lipinski definition) is 3. The van der Waals surface area contributed by atoms with Gasteiger partial charge in [0.15, 0.2) is 0 Å². The first-order valence-corrected chi connectivity index (χ1v) is 5.63. The normalized spacial score (nSPS) is 19.3. The molecule has 0 atom stereocenters. The second kappa shape index (κ2) is 4.62. The van der Waals surface area contributed by atoms with Crippen molar-refractivity contribution in [1.29, 1.82) is 0 Å². The first-order valence-electron chi connectivity index (χ1n) is 5.63. The number of pyridine rings is 1. The Hall–Kier alpha value is -1.09. The summed E-state index contributed by atoms with van der Waals surface area (Å²) in [5.74, 6) is 1.46. The van der Waals surface area contributed by atoms with Crippen molar-refractivity contribution in [3.05, 3.63) is 23.9 Å². The van der Waals surface area contributed by atoms with Gasteiger partial charge in [-0.05, 0) is 63.0 Å². The van der Waals surface area contributed by atoms with Gasteiger partial charge in [-0.15, -0.1) is 0 Å². The number of hydrogen-bond donors (Lipinski definition) is 1. The SMILES string of the molecule is CN1CCC(Cc2ccnc(N)c2)CC1. The van der Waals surface area contributed by atoms with Gasteiger partial charge in [0.2, 0.25) is 0 Å². The molecule has 0 spiro atoms. The van der Waals surface area contributed by atoms with Crippen LogP contribution in [0.15, 0.2) is 18.3 Å². The molecule has 82 valence electrons. The van der Waals surface area contributed by atoms with Crippen molar-refractivity contribution in [3.63, 3.8) is 0 Å². The molecule has 1 fully saturated rings. The van der Waals surface area contributed by atoms with Gasteiger partial charge in [-0.3, -0.25) is 0 Å². The molecule has 2 rings (SSSR count). The van der Waals surface area contributed by atoms with Crippen molar-refractivity contribution < 1.29 is 0 Å². The molecule has 1 aromatic rings. The number of rotatable bonds is 2. The lowest BCUT2D eigenvalue weighted by Gasteiger charge is -2.28. The van der Waals surface area contributed by atoms with Gasteiger partial charge in [-0.2, -0.15) is 0 Å². The van der Waals surface area contributed by atoms with Gasteiger partial charge in [-0.25, -0.2) is 4.98 Å². The largest absolute Gasteiger partial charge is 0.384 e. The van der Waals surface area contributed by atoms with Crippen molar-refractivity contribution in [2.24, 2.45) is 5.92 Å². The van der Waals surface area contributed by atoms with Gasteiger partial charge in [0.25, 0.3) is 0 Å². The molecule has 0 amide bonds. The van der Waals surface area contributed by atoms with E-state index < -0.39 is 0 Å². The zero-order valence-electron chi connectivity index (χ0n) is 9.32. The third kappa shape index (κ3) is 2.93. The quantitative estimate of drug-likeness (QED) is 0.796. The summed E-state index contributed by atoms with van der Waals surface area (Å²) in [4.78, 5) is 6.41. The Kier molecular flexibility index (Phi) is 3.21. The van der Waals surface area contributed by atoms with Gasteiger partial charge >= 0.3 is 0 Å². The first kappa shape index (κ1) is 10.4. The Morgan fingerprint density at radius 1 is 1.47 bits per heavy atom. The van der Waals surface area contributed by atoms with Crippen LogP contribution in [0.4, 0.5) is 5.82 Å². The highest BCUT2D eigenvalue weighted by Gasteiger charge is 2.16. The van der Waals surface area contributed by atoms with Crippen LogP contribution >= 0.6 is 0 Å². The van der Waals surface area contributed by atoms with Crippen LogP contribution in [0.1, 0.15) is 18.4 Å². The molecular weight excluding hydrogens is 186 g/mol. The van der Waals surface area contributed by atoms with Crippen molar-refractivity contribution in [2.75, 3.05) is 25.9 Å². The van der Waals surface area contributed by atoms with Crippen molar-refractivity contribution in [1.82, 2.24) is 9.88 Å². The number of anilines is 1. The van der Waals surface area contributed by atoms with Gasteiger partial charge in [0, 0.05) is 6.20 Å². The molecule has 0 bridgehead atoms. The minimum atomic E-state index is 0.639. The summed E-state index contributed by atoms with van der Waals surface area (Å²) in [5, 5.41) is 0. The molecule has 1 saturated heterocycles. The van der Waals surface area contributed by atoms with Crippen LogP contribution in [0.25, 0.3) is 0 Å². The fourth-order valence-electron chi connectivity index (χ4n) is 2.22. The summed E-state index contributed by atoms with van der Waals surface area (Å²) in [5.41, 5.74) is 7.00. The number of piperidine rings is 1. The molecule has 0 aromatic carbocycles. The fourth-order valence-corrected chi connectivity index (χ4v) is 2.22. The molecule has 2 heterocycles. The van der Waals surface area contributed by atoms with Crippen LogP contribution in [0.2, 0.25) is 0 Å². The molecule has 3 heteroatoms. The summed E-state index contributed by atoms with van der Waals surface area (Å²) >= 11 is 0.